The molecule has 0 aromatic heterocycles. The molecule has 0 aliphatic heterocycles. The minimum atomic E-state index is -4.67. The van der Waals surface area contributed by atoms with E-state index in [1.807, 2.05) is 0 Å². The molecular formula is C10H24O6S. The number of hydrogen-bond donors (Lipinski definition) is 4. The lowest BCUT2D eigenvalue weighted by atomic mass is 10.1. The summed E-state index contributed by atoms with van der Waals surface area (Å²) in [5, 5.41) is 17.5. The van der Waals surface area contributed by atoms with Gasteiger partial charge in [0.15, 0.2) is 0 Å². The molecule has 6 nitrogen and oxygen atoms in total. The Morgan fingerprint density at radius 3 is 1.82 bits per heavy atom. The Hall–Kier alpha value is -0.210. The van der Waals surface area contributed by atoms with E-state index in [1.54, 1.807) is 0 Å². The second-order valence-electron chi connectivity index (χ2n) is 3.84. The molecule has 0 fully saturated rings. The molecule has 0 aliphatic rings. The first kappa shape index (κ1) is 19.1. The summed E-state index contributed by atoms with van der Waals surface area (Å²) in [5.74, 6) is 0. The van der Waals surface area contributed by atoms with Crippen LogP contribution in [0.2, 0.25) is 0 Å². The first-order chi connectivity index (χ1) is 7.81. The quantitative estimate of drug-likeness (QED) is 0.392. The molecule has 0 heterocycles. The van der Waals surface area contributed by atoms with Gasteiger partial charge in [-0.15, -0.1) is 0 Å². The van der Waals surface area contributed by atoms with Gasteiger partial charge in [-0.3, -0.25) is 9.11 Å². The van der Waals surface area contributed by atoms with Crippen LogP contribution in [0.1, 0.15) is 51.9 Å². The average molecular weight is 272 g/mol. The van der Waals surface area contributed by atoms with Crippen LogP contribution in [0.5, 0.6) is 0 Å². The van der Waals surface area contributed by atoms with Crippen molar-refractivity contribution in [3.8, 4) is 0 Å². The summed E-state index contributed by atoms with van der Waals surface area (Å²) in [6, 6.07) is 0. The van der Waals surface area contributed by atoms with Crippen LogP contribution in [-0.4, -0.2) is 40.4 Å². The van der Waals surface area contributed by atoms with Crippen LogP contribution in [0.25, 0.3) is 0 Å². The van der Waals surface area contributed by atoms with E-state index in [4.69, 9.17) is 27.7 Å². The number of aliphatic hydroxyl groups excluding tert-OH is 2. The van der Waals surface area contributed by atoms with Gasteiger partial charge in [0, 0.05) is 0 Å². The van der Waals surface area contributed by atoms with Crippen LogP contribution in [0, 0.1) is 0 Å². The molecule has 0 saturated heterocycles. The van der Waals surface area contributed by atoms with Gasteiger partial charge in [0.2, 0.25) is 0 Å². The highest BCUT2D eigenvalue weighted by atomic mass is 32.3. The van der Waals surface area contributed by atoms with E-state index in [0.29, 0.717) is 0 Å². The van der Waals surface area contributed by atoms with E-state index in [1.165, 1.54) is 32.1 Å². The van der Waals surface area contributed by atoms with Gasteiger partial charge in [0.25, 0.3) is 0 Å². The molecular weight excluding hydrogens is 248 g/mol. The molecule has 106 valence electrons. The van der Waals surface area contributed by atoms with Crippen LogP contribution in [-0.2, 0) is 10.4 Å². The van der Waals surface area contributed by atoms with Crippen LogP contribution in [0.3, 0.4) is 0 Å². The van der Waals surface area contributed by atoms with E-state index >= 15 is 0 Å². The Balaban J connectivity index is 0. The normalized spacial score (nSPS) is 12.8. The maximum atomic E-state index is 9.01. The second kappa shape index (κ2) is 12.3. The molecule has 1 unspecified atom stereocenters. The van der Waals surface area contributed by atoms with Crippen LogP contribution >= 0.6 is 0 Å². The summed E-state index contributed by atoms with van der Waals surface area (Å²) in [5.41, 5.74) is 0. The predicted octanol–water partition coefficient (Wildman–Crippen LogP) is 1.44. The largest absolute Gasteiger partial charge is 0.394 e. The number of aliphatic hydroxyl groups is 2. The molecule has 7 heteroatoms. The Morgan fingerprint density at radius 1 is 1.00 bits per heavy atom. The molecule has 4 N–H and O–H groups in total. The summed E-state index contributed by atoms with van der Waals surface area (Å²) in [6.07, 6.45) is 7.68. The number of rotatable bonds is 8. The van der Waals surface area contributed by atoms with E-state index in [2.05, 4.69) is 6.92 Å². The van der Waals surface area contributed by atoms with Crippen molar-refractivity contribution >= 4 is 10.4 Å². The Bertz CT molecular complexity index is 231. The van der Waals surface area contributed by atoms with Crippen LogP contribution in [0.15, 0.2) is 0 Å². The third-order valence-corrected chi connectivity index (χ3v) is 2.10. The van der Waals surface area contributed by atoms with Gasteiger partial charge < -0.3 is 10.2 Å². The fourth-order valence-electron chi connectivity index (χ4n) is 1.25. The standard InChI is InChI=1S/C10H22O2.H2O4S/c1-2-3-4-5-6-7-8-10(12)9-11;1-5(2,3)4/h10-12H,2-9H2,1H3;(H2,1,2,3,4). The third-order valence-electron chi connectivity index (χ3n) is 2.10. The summed E-state index contributed by atoms with van der Waals surface area (Å²) in [6.45, 7) is 2.12. The van der Waals surface area contributed by atoms with Crippen molar-refractivity contribution in [2.75, 3.05) is 6.61 Å². The molecule has 0 radical (unpaired) electrons. The molecule has 0 bridgehead atoms. The molecule has 1 atom stereocenters. The summed E-state index contributed by atoms with van der Waals surface area (Å²) in [4.78, 5) is 0. The fraction of sp³-hybridized carbons (Fsp3) is 1.00. The second-order valence-corrected chi connectivity index (χ2v) is 4.74. The van der Waals surface area contributed by atoms with Gasteiger partial charge in [-0.1, -0.05) is 45.4 Å². The summed E-state index contributed by atoms with van der Waals surface area (Å²) in [7, 11) is -4.67. The molecule has 0 aliphatic carbocycles. The van der Waals surface area contributed by atoms with Gasteiger partial charge in [0.05, 0.1) is 12.7 Å². The van der Waals surface area contributed by atoms with E-state index in [9.17, 15) is 0 Å². The SMILES string of the molecule is CCCCCCCCC(O)CO.O=S(=O)(O)O. The monoisotopic (exact) mass is 272 g/mol. The third kappa shape index (κ3) is 31.3. The molecule has 0 aromatic carbocycles. The number of hydrogen-bond acceptors (Lipinski definition) is 4. The lowest BCUT2D eigenvalue weighted by molar-refractivity contribution is 0.0860. The average Bonchev–Trinajstić information content (AvgIpc) is 2.20. The van der Waals surface area contributed by atoms with E-state index in [0.717, 1.165) is 12.8 Å². The van der Waals surface area contributed by atoms with Crippen LogP contribution in [0.4, 0.5) is 0 Å². The fourth-order valence-corrected chi connectivity index (χ4v) is 1.25. The Kier molecular flexibility index (Phi) is 13.8. The zero-order valence-corrected chi connectivity index (χ0v) is 11.1. The van der Waals surface area contributed by atoms with E-state index in [-0.39, 0.29) is 6.61 Å². The van der Waals surface area contributed by atoms with Gasteiger partial charge in [-0.25, -0.2) is 0 Å². The molecule has 0 saturated carbocycles. The zero-order valence-electron chi connectivity index (χ0n) is 10.2. The number of unbranched alkanes of at least 4 members (excludes halogenated alkanes) is 5. The minimum Gasteiger partial charge on any atom is -0.394 e. The highest BCUT2D eigenvalue weighted by Crippen LogP contribution is 2.08. The molecule has 0 rings (SSSR count). The zero-order chi connectivity index (χ0) is 13.7. The lowest BCUT2D eigenvalue weighted by Gasteiger charge is -2.05. The Labute approximate surface area is 103 Å². The molecule has 0 amide bonds. The van der Waals surface area contributed by atoms with Crippen molar-refractivity contribution < 1.29 is 27.7 Å². The van der Waals surface area contributed by atoms with Crippen LogP contribution < -0.4 is 0 Å². The first-order valence-corrected chi connectivity index (χ1v) is 7.19. The predicted molar refractivity (Wildman–Crippen MR) is 65.3 cm³/mol. The van der Waals surface area contributed by atoms with Crippen molar-refractivity contribution in [2.24, 2.45) is 0 Å². The molecule has 0 spiro atoms. The maximum absolute atomic E-state index is 9.01. The minimum absolute atomic E-state index is 0.0883. The van der Waals surface area contributed by atoms with Gasteiger partial charge in [-0.05, 0) is 6.42 Å². The van der Waals surface area contributed by atoms with Crippen molar-refractivity contribution in [2.45, 2.75) is 58.0 Å². The van der Waals surface area contributed by atoms with Gasteiger partial charge >= 0.3 is 10.4 Å². The Morgan fingerprint density at radius 2 is 1.41 bits per heavy atom. The highest BCUT2D eigenvalue weighted by molar-refractivity contribution is 7.79. The van der Waals surface area contributed by atoms with Gasteiger partial charge in [-0.2, -0.15) is 8.42 Å². The summed E-state index contributed by atoms with van der Waals surface area (Å²) < 4.78 is 31.6. The molecule has 0 aromatic rings. The van der Waals surface area contributed by atoms with E-state index < -0.39 is 16.5 Å². The first-order valence-electron chi connectivity index (χ1n) is 5.80. The molecule has 17 heavy (non-hydrogen) atoms. The lowest BCUT2D eigenvalue weighted by Crippen LogP contribution is -2.10. The topological polar surface area (TPSA) is 115 Å². The highest BCUT2D eigenvalue weighted by Gasteiger charge is 1.99. The van der Waals surface area contributed by atoms with Crippen molar-refractivity contribution in [3.63, 3.8) is 0 Å². The van der Waals surface area contributed by atoms with Crippen molar-refractivity contribution in [1.82, 2.24) is 0 Å². The van der Waals surface area contributed by atoms with Crippen molar-refractivity contribution in [3.05, 3.63) is 0 Å². The smallest absolute Gasteiger partial charge is 0.394 e. The summed E-state index contributed by atoms with van der Waals surface area (Å²) >= 11 is 0. The van der Waals surface area contributed by atoms with Crippen molar-refractivity contribution in [1.29, 1.82) is 0 Å². The maximum Gasteiger partial charge on any atom is 0.394 e. The van der Waals surface area contributed by atoms with Gasteiger partial charge in [0.1, 0.15) is 0 Å².